The SMILES string of the molecule is CC(=O)O[C@@]12CO[C@@H]1C[C@H](O)[C@@]1(C)C(=O)[C@H](O)C3=C(C)[C@@H](OC(=O)[C@H](O)[C@@H](NC(=O)OC(C)(C)C)c4ccccc4)[C@H](O)[C@](O)([C@@H](OC(=O)c4ccccc4)[C@H]21)C3(C)C. The van der Waals surface area contributed by atoms with Gasteiger partial charge in [-0.2, -0.15) is 0 Å². The molecule has 16 heteroatoms. The molecule has 1 saturated heterocycles. The van der Waals surface area contributed by atoms with Crippen LogP contribution >= 0.6 is 0 Å². The standard InChI is InChI=1S/C43H53NO15/c1-21-27-29(47)33(49)41(8)25(46)19-26-42(20-55-26,58-22(2)45)32(41)35(57-36(51)24-17-13-10-14-18-24)43(54,40(27,6)7)34(50)31(21)56-37(52)30(48)28(23-15-11-9-12-16-23)44-38(53)59-39(3,4)5/h9-18,25-26,28-32,34-35,46-48,50,54H,19-20H2,1-8H3,(H,44,53)/t25-,26+,28-,29+,30+,31+,32-,34-,35-,41+,42-,43-/m0/s1. The molecule has 3 aliphatic carbocycles. The highest BCUT2D eigenvalue weighted by Crippen LogP contribution is 2.64. The average Bonchev–Trinajstić information content (AvgIpc) is 3.16. The van der Waals surface area contributed by atoms with Gasteiger partial charge in [-0.3, -0.25) is 9.59 Å². The summed E-state index contributed by atoms with van der Waals surface area (Å²) in [5, 5.41) is 64.2. The molecule has 0 spiro atoms. The van der Waals surface area contributed by atoms with Gasteiger partial charge in [0.1, 0.15) is 35.6 Å². The highest BCUT2D eigenvalue weighted by atomic mass is 16.6. The van der Waals surface area contributed by atoms with E-state index in [2.05, 4.69) is 5.32 Å². The number of hydrogen-bond acceptors (Lipinski definition) is 15. The van der Waals surface area contributed by atoms with E-state index in [-0.39, 0.29) is 35.3 Å². The molecule has 3 fully saturated rings. The first-order valence-electron chi connectivity index (χ1n) is 19.5. The minimum Gasteiger partial charge on any atom is -0.455 e. The van der Waals surface area contributed by atoms with Crippen molar-refractivity contribution in [2.45, 2.75) is 127 Å². The number of benzene rings is 2. The smallest absolute Gasteiger partial charge is 0.408 e. The highest BCUT2D eigenvalue weighted by molar-refractivity contribution is 5.94. The molecule has 1 heterocycles. The Morgan fingerprint density at radius 2 is 1.53 bits per heavy atom. The number of alkyl carbamates (subject to hydrolysis) is 1. The quantitative estimate of drug-likeness (QED) is 0.127. The summed E-state index contributed by atoms with van der Waals surface area (Å²) in [4.78, 5) is 69.0. The maximum absolute atomic E-state index is 15.0. The summed E-state index contributed by atoms with van der Waals surface area (Å²) in [5.41, 5.74) is -9.75. The highest BCUT2D eigenvalue weighted by Gasteiger charge is 2.79. The van der Waals surface area contributed by atoms with E-state index >= 15 is 0 Å². The Morgan fingerprint density at radius 1 is 0.932 bits per heavy atom. The summed E-state index contributed by atoms with van der Waals surface area (Å²) >= 11 is 0. The lowest BCUT2D eigenvalue weighted by molar-refractivity contribution is -0.352. The molecule has 6 rings (SSSR count). The van der Waals surface area contributed by atoms with Crippen LogP contribution in [0.2, 0.25) is 0 Å². The summed E-state index contributed by atoms with van der Waals surface area (Å²) in [6.07, 6.45) is -14.5. The van der Waals surface area contributed by atoms with Crippen molar-refractivity contribution in [1.82, 2.24) is 5.32 Å². The zero-order valence-electron chi connectivity index (χ0n) is 34.2. The lowest BCUT2D eigenvalue weighted by Gasteiger charge is -2.67. The molecule has 6 N–H and O–H groups in total. The minimum absolute atomic E-state index is 0.00359. The van der Waals surface area contributed by atoms with Crippen molar-refractivity contribution in [3.8, 4) is 0 Å². The molecule has 1 amide bonds. The average molecular weight is 824 g/mol. The Labute approximate surface area is 341 Å². The number of aliphatic hydroxyl groups excluding tert-OH is 4. The molecule has 2 aromatic carbocycles. The van der Waals surface area contributed by atoms with Crippen LogP contribution in [0.1, 0.15) is 83.8 Å². The van der Waals surface area contributed by atoms with Gasteiger partial charge in [-0.25, -0.2) is 14.4 Å². The molecule has 320 valence electrons. The number of amides is 1. The number of hydrogen-bond donors (Lipinski definition) is 6. The number of rotatable bonds is 8. The van der Waals surface area contributed by atoms with Crippen LogP contribution in [-0.4, -0.2) is 121 Å². The number of Topliss-reactive ketones (excluding diaryl/α,β-unsaturated/α-hetero) is 1. The first-order chi connectivity index (χ1) is 27.4. The van der Waals surface area contributed by atoms with Gasteiger partial charge in [0.15, 0.2) is 23.6 Å². The van der Waals surface area contributed by atoms with Gasteiger partial charge in [-0.05, 0) is 63.5 Å². The number of esters is 3. The maximum atomic E-state index is 15.0. The molecular weight excluding hydrogens is 770 g/mol. The molecule has 1 aliphatic heterocycles. The normalized spacial score (nSPS) is 34.6. The Morgan fingerprint density at radius 3 is 2.07 bits per heavy atom. The molecular formula is C43H53NO15. The van der Waals surface area contributed by atoms with E-state index in [0.717, 1.165) is 6.92 Å². The van der Waals surface area contributed by atoms with E-state index in [1.165, 1.54) is 52.0 Å². The molecule has 0 radical (unpaired) electrons. The van der Waals surface area contributed by atoms with Crippen LogP contribution in [0.15, 0.2) is 71.8 Å². The number of ketones is 1. The number of nitrogens with one attached hydrogen (secondary N) is 1. The van der Waals surface area contributed by atoms with Gasteiger partial charge in [0.05, 0.1) is 35.6 Å². The first kappa shape index (κ1) is 43.9. The first-order valence-corrected chi connectivity index (χ1v) is 19.5. The van der Waals surface area contributed by atoms with Crippen LogP contribution in [0.4, 0.5) is 4.79 Å². The third-order valence-corrected chi connectivity index (χ3v) is 12.6. The molecule has 4 aliphatic rings. The van der Waals surface area contributed by atoms with Crippen molar-refractivity contribution in [3.05, 3.63) is 82.9 Å². The van der Waals surface area contributed by atoms with Gasteiger partial charge in [0.2, 0.25) is 0 Å². The van der Waals surface area contributed by atoms with E-state index in [9.17, 15) is 49.5 Å². The van der Waals surface area contributed by atoms with Crippen molar-refractivity contribution in [2.24, 2.45) is 16.7 Å². The summed E-state index contributed by atoms with van der Waals surface area (Å²) in [6, 6.07) is 14.1. The molecule has 16 nitrogen and oxygen atoms in total. The molecule has 0 aromatic heterocycles. The number of carbonyl (C=O) groups is 5. The Hall–Kier alpha value is -4.71. The Balaban J connectivity index is 1.52. The van der Waals surface area contributed by atoms with Crippen LogP contribution in [0.25, 0.3) is 0 Å². The van der Waals surface area contributed by atoms with Gasteiger partial charge >= 0.3 is 24.0 Å². The van der Waals surface area contributed by atoms with Gasteiger partial charge < -0.3 is 54.5 Å². The van der Waals surface area contributed by atoms with Gasteiger partial charge in [0.25, 0.3) is 0 Å². The van der Waals surface area contributed by atoms with Gasteiger partial charge in [0, 0.05) is 18.8 Å². The minimum atomic E-state index is -2.84. The summed E-state index contributed by atoms with van der Waals surface area (Å²) in [5.74, 6) is -5.96. The monoisotopic (exact) mass is 823 g/mol. The van der Waals surface area contributed by atoms with Crippen LogP contribution in [-0.2, 0) is 38.1 Å². The topological polar surface area (TPSA) is 245 Å². The number of aliphatic hydroxyl groups is 5. The second-order valence-electron chi connectivity index (χ2n) is 17.6. The van der Waals surface area contributed by atoms with Crippen molar-refractivity contribution in [1.29, 1.82) is 0 Å². The molecule has 2 saturated carbocycles. The third kappa shape index (κ3) is 7.12. The molecule has 0 unspecified atom stereocenters. The molecule has 2 aromatic rings. The van der Waals surface area contributed by atoms with E-state index < -0.39 is 112 Å². The third-order valence-electron chi connectivity index (χ3n) is 12.6. The Kier molecular flexibility index (Phi) is 11.4. The van der Waals surface area contributed by atoms with E-state index in [1.807, 2.05) is 0 Å². The second-order valence-corrected chi connectivity index (χ2v) is 17.6. The van der Waals surface area contributed by atoms with E-state index in [0.29, 0.717) is 0 Å². The predicted octanol–water partition coefficient (Wildman–Crippen LogP) is 2.23. The zero-order valence-corrected chi connectivity index (χ0v) is 34.2. The number of fused-ring (bicyclic) bond motifs is 5. The lowest BCUT2D eigenvalue weighted by Crippen LogP contribution is -2.83. The largest absolute Gasteiger partial charge is 0.455 e. The lowest BCUT2D eigenvalue weighted by atomic mass is 9.44. The summed E-state index contributed by atoms with van der Waals surface area (Å²) in [7, 11) is 0. The van der Waals surface area contributed by atoms with Crippen LogP contribution in [0.5, 0.6) is 0 Å². The van der Waals surface area contributed by atoms with Crippen LogP contribution < -0.4 is 5.32 Å². The second kappa shape index (κ2) is 15.4. The van der Waals surface area contributed by atoms with E-state index in [1.54, 1.807) is 57.2 Å². The zero-order chi connectivity index (χ0) is 43.6. The number of ether oxygens (including phenoxy) is 5. The summed E-state index contributed by atoms with van der Waals surface area (Å²) in [6.45, 7) is 11.1. The van der Waals surface area contributed by atoms with Crippen molar-refractivity contribution >= 4 is 29.8 Å². The van der Waals surface area contributed by atoms with Crippen molar-refractivity contribution < 1.29 is 73.2 Å². The van der Waals surface area contributed by atoms with Crippen molar-refractivity contribution in [3.63, 3.8) is 0 Å². The van der Waals surface area contributed by atoms with Crippen molar-refractivity contribution in [2.75, 3.05) is 6.61 Å². The number of carbonyl (C=O) groups excluding carboxylic acids is 5. The maximum Gasteiger partial charge on any atom is 0.408 e. The fourth-order valence-corrected chi connectivity index (χ4v) is 9.70. The fraction of sp³-hybridized carbons (Fsp3) is 0.558. The summed E-state index contributed by atoms with van der Waals surface area (Å²) < 4.78 is 29.2. The molecule has 2 bridgehead atoms. The van der Waals surface area contributed by atoms with Gasteiger partial charge in [-0.15, -0.1) is 0 Å². The molecule has 12 atom stereocenters. The van der Waals surface area contributed by atoms with Crippen LogP contribution in [0.3, 0.4) is 0 Å². The van der Waals surface area contributed by atoms with E-state index in [4.69, 9.17) is 23.7 Å². The predicted molar refractivity (Wildman–Crippen MR) is 205 cm³/mol. The Bertz CT molecular complexity index is 2010. The van der Waals surface area contributed by atoms with Crippen LogP contribution in [0, 0.1) is 16.7 Å². The van der Waals surface area contributed by atoms with Gasteiger partial charge in [-0.1, -0.05) is 62.4 Å². The fourth-order valence-electron chi connectivity index (χ4n) is 9.70. The molecule has 59 heavy (non-hydrogen) atoms.